The molecule has 0 amide bonds. The summed E-state index contributed by atoms with van der Waals surface area (Å²) >= 11 is 0. The van der Waals surface area contributed by atoms with E-state index in [2.05, 4.69) is 19.9 Å². The van der Waals surface area contributed by atoms with Crippen molar-refractivity contribution >= 4 is 5.95 Å². The molecular weight excluding hydrogens is 234 g/mol. The van der Waals surface area contributed by atoms with E-state index in [0.717, 1.165) is 5.69 Å². The Balaban J connectivity index is 2.26. The molecular formula is C11H13N5O2. The van der Waals surface area contributed by atoms with Crippen LogP contribution < -0.4 is 15.2 Å². The highest BCUT2D eigenvalue weighted by Gasteiger charge is 2.08. The van der Waals surface area contributed by atoms with Gasteiger partial charge in [-0.3, -0.25) is 4.98 Å². The van der Waals surface area contributed by atoms with Gasteiger partial charge in [-0.2, -0.15) is 9.97 Å². The number of aromatic nitrogens is 4. The monoisotopic (exact) mass is 247 g/mol. The van der Waals surface area contributed by atoms with E-state index in [1.54, 1.807) is 18.3 Å². The predicted octanol–water partition coefficient (Wildman–Crippen LogP) is 1.35. The van der Waals surface area contributed by atoms with Crippen molar-refractivity contribution < 1.29 is 9.47 Å². The van der Waals surface area contributed by atoms with Crippen LogP contribution in [0.3, 0.4) is 0 Å². The van der Waals surface area contributed by atoms with Gasteiger partial charge in [0.25, 0.3) is 0 Å². The molecule has 0 bridgehead atoms. The maximum Gasteiger partial charge on any atom is 0.330 e. The predicted molar refractivity (Wildman–Crippen MR) is 64.5 cm³/mol. The lowest BCUT2D eigenvalue weighted by atomic mass is 10.3. The number of hydrogen-bond acceptors (Lipinski definition) is 7. The van der Waals surface area contributed by atoms with Gasteiger partial charge in [0.15, 0.2) is 5.75 Å². The van der Waals surface area contributed by atoms with Crippen LogP contribution in [0, 0.1) is 6.92 Å². The van der Waals surface area contributed by atoms with Crippen molar-refractivity contribution in [1.82, 2.24) is 19.9 Å². The van der Waals surface area contributed by atoms with E-state index in [-0.39, 0.29) is 18.0 Å². The number of pyridine rings is 1. The highest BCUT2D eigenvalue weighted by Crippen LogP contribution is 2.21. The fourth-order valence-electron chi connectivity index (χ4n) is 1.27. The lowest BCUT2D eigenvalue weighted by Gasteiger charge is -2.07. The number of nitrogens with zero attached hydrogens (tertiary/aromatic N) is 4. The van der Waals surface area contributed by atoms with Gasteiger partial charge in [-0.05, 0) is 26.0 Å². The molecule has 7 nitrogen and oxygen atoms in total. The van der Waals surface area contributed by atoms with Gasteiger partial charge in [0.05, 0.1) is 12.3 Å². The van der Waals surface area contributed by atoms with Crippen LogP contribution in [0.25, 0.3) is 0 Å². The van der Waals surface area contributed by atoms with Gasteiger partial charge >= 0.3 is 12.0 Å². The Bertz CT molecular complexity index is 547. The lowest BCUT2D eigenvalue weighted by molar-refractivity contribution is 0.303. The first-order valence-corrected chi connectivity index (χ1v) is 5.43. The van der Waals surface area contributed by atoms with Crippen LogP contribution in [-0.2, 0) is 0 Å². The van der Waals surface area contributed by atoms with Crippen molar-refractivity contribution in [2.75, 3.05) is 12.3 Å². The number of anilines is 1. The molecule has 7 heteroatoms. The van der Waals surface area contributed by atoms with E-state index in [0.29, 0.717) is 12.4 Å². The molecule has 2 aromatic rings. The summed E-state index contributed by atoms with van der Waals surface area (Å²) in [6.45, 7) is 4.09. The van der Waals surface area contributed by atoms with Gasteiger partial charge in [-0.1, -0.05) is 0 Å². The van der Waals surface area contributed by atoms with Gasteiger partial charge in [0.1, 0.15) is 0 Å². The van der Waals surface area contributed by atoms with Crippen LogP contribution in [-0.4, -0.2) is 26.5 Å². The van der Waals surface area contributed by atoms with Crippen molar-refractivity contribution in [1.29, 1.82) is 0 Å². The SMILES string of the molecule is CCOc1nc(N)nc(Oc2cccnc2C)n1. The number of ether oxygens (including phenoxy) is 2. The van der Waals surface area contributed by atoms with E-state index >= 15 is 0 Å². The number of aryl methyl sites for hydroxylation is 1. The van der Waals surface area contributed by atoms with Crippen molar-refractivity contribution in [3.8, 4) is 17.8 Å². The zero-order valence-electron chi connectivity index (χ0n) is 10.1. The van der Waals surface area contributed by atoms with E-state index in [4.69, 9.17) is 15.2 Å². The molecule has 0 saturated carbocycles. The summed E-state index contributed by atoms with van der Waals surface area (Å²) in [5, 5.41) is 0. The molecule has 2 N–H and O–H groups in total. The smallest absolute Gasteiger partial charge is 0.330 e. The van der Waals surface area contributed by atoms with Crippen LogP contribution in [0.1, 0.15) is 12.6 Å². The summed E-state index contributed by atoms with van der Waals surface area (Å²) < 4.78 is 10.6. The van der Waals surface area contributed by atoms with Gasteiger partial charge in [0.2, 0.25) is 5.95 Å². The van der Waals surface area contributed by atoms with Gasteiger partial charge in [-0.15, -0.1) is 4.98 Å². The Kier molecular flexibility index (Phi) is 3.52. The van der Waals surface area contributed by atoms with Crippen molar-refractivity contribution in [3.05, 3.63) is 24.0 Å². The van der Waals surface area contributed by atoms with E-state index in [9.17, 15) is 0 Å². The Morgan fingerprint density at radius 2 is 2.00 bits per heavy atom. The molecule has 0 radical (unpaired) electrons. The zero-order chi connectivity index (χ0) is 13.0. The van der Waals surface area contributed by atoms with E-state index < -0.39 is 0 Å². The third-order valence-corrected chi connectivity index (χ3v) is 2.04. The second-order valence-electron chi connectivity index (χ2n) is 3.38. The summed E-state index contributed by atoms with van der Waals surface area (Å²) in [6, 6.07) is 3.75. The molecule has 0 unspecified atom stereocenters. The largest absolute Gasteiger partial charge is 0.464 e. The first-order valence-electron chi connectivity index (χ1n) is 5.43. The van der Waals surface area contributed by atoms with Crippen LogP contribution >= 0.6 is 0 Å². The molecule has 2 heterocycles. The normalized spacial score (nSPS) is 10.1. The Hall–Kier alpha value is -2.44. The summed E-state index contributed by atoms with van der Waals surface area (Å²) in [5.41, 5.74) is 6.27. The van der Waals surface area contributed by atoms with Crippen LogP contribution in [0.15, 0.2) is 18.3 Å². The second-order valence-corrected chi connectivity index (χ2v) is 3.38. The minimum atomic E-state index is 0.0463. The molecule has 2 rings (SSSR count). The topological polar surface area (TPSA) is 96.0 Å². The first kappa shape index (κ1) is 12.0. The molecule has 0 aliphatic rings. The molecule has 0 aromatic carbocycles. The lowest BCUT2D eigenvalue weighted by Crippen LogP contribution is -2.05. The molecule has 0 spiro atoms. The van der Waals surface area contributed by atoms with Crippen LogP contribution in [0.2, 0.25) is 0 Å². The highest BCUT2D eigenvalue weighted by molar-refractivity contribution is 5.29. The molecule has 94 valence electrons. The fourth-order valence-corrected chi connectivity index (χ4v) is 1.27. The zero-order valence-corrected chi connectivity index (χ0v) is 10.1. The van der Waals surface area contributed by atoms with Gasteiger partial charge in [-0.25, -0.2) is 0 Å². The highest BCUT2D eigenvalue weighted by atomic mass is 16.5. The molecule has 0 atom stereocenters. The molecule has 0 aliphatic heterocycles. The van der Waals surface area contributed by atoms with Crippen LogP contribution in [0.5, 0.6) is 17.8 Å². The molecule has 0 fully saturated rings. The van der Waals surface area contributed by atoms with Crippen LogP contribution in [0.4, 0.5) is 5.95 Å². The molecule has 18 heavy (non-hydrogen) atoms. The third-order valence-electron chi connectivity index (χ3n) is 2.04. The average Bonchev–Trinajstić information content (AvgIpc) is 2.32. The maximum absolute atomic E-state index is 5.54. The van der Waals surface area contributed by atoms with E-state index in [1.165, 1.54) is 0 Å². The molecule has 0 saturated heterocycles. The Morgan fingerprint density at radius 1 is 1.22 bits per heavy atom. The maximum atomic E-state index is 5.54. The van der Waals surface area contributed by atoms with Crippen molar-refractivity contribution in [2.24, 2.45) is 0 Å². The average molecular weight is 247 g/mol. The molecule has 2 aromatic heterocycles. The fraction of sp³-hybridized carbons (Fsp3) is 0.273. The van der Waals surface area contributed by atoms with Gasteiger partial charge in [0, 0.05) is 6.20 Å². The minimum Gasteiger partial charge on any atom is -0.464 e. The van der Waals surface area contributed by atoms with E-state index in [1.807, 2.05) is 13.8 Å². The Labute approximate surface area is 104 Å². The third kappa shape index (κ3) is 2.82. The first-order chi connectivity index (χ1) is 8.69. The quantitative estimate of drug-likeness (QED) is 0.870. The summed E-state index contributed by atoms with van der Waals surface area (Å²) in [4.78, 5) is 15.8. The number of rotatable bonds is 4. The summed E-state index contributed by atoms with van der Waals surface area (Å²) in [6.07, 6.45) is 1.68. The minimum absolute atomic E-state index is 0.0463. The Morgan fingerprint density at radius 3 is 2.72 bits per heavy atom. The standard InChI is InChI=1S/C11H13N5O2/c1-3-17-10-14-9(12)15-11(16-10)18-8-5-4-6-13-7(8)2/h4-6H,3H2,1-2H3,(H2,12,14,15,16). The summed E-state index contributed by atoms with van der Waals surface area (Å²) in [7, 11) is 0. The second kappa shape index (κ2) is 5.26. The number of hydrogen-bond donors (Lipinski definition) is 1. The summed E-state index contributed by atoms with van der Waals surface area (Å²) in [5.74, 6) is 0.607. The van der Waals surface area contributed by atoms with Crippen molar-refractivity contribution in [2.45, 2.75) is 13.8 Å². The van der Waals surface area contributed by atoms with Crippen molar-refractivity contribution in [3.63, 3.8) is 0 Å². The molecule has 0 aliphatic carbocycles. The van der Waals surface area contributed by atoms with Gasteiger partial charge < -0.3 is 15.2 Å². The number of nitrogens with two attached hydrogens (primary N) is 1. The number of nitrogen functional groups attached to an aromatic ring is 1.